The minimum Gasteiger partial charge on any atom is -0.508 e. The summed E-state index contributed by atoms with van der Waals surface area (Å²) in [5, 5.41) is 12.0. The Kier molecular flexibility index (Phi) is 6.89. The molecule has 0 spiro atoms. The fourth-order valence-electron chi connectivity index (χ4n) is 2.22. The van der Waals surface area contributed by atoms with Crippen molar-refractivity contribution in [2.45, 2.75) is 39.7 Å². The summed E-state index contributed by atoms with van der Waals surface area (Å²) < 4.78 is 4.74. The van der Waals surface area contributed by atoms with E-state index in [2.05, 4.69) is 5.32 Å². The molecule has 0 bridgehead atoms. The number of benzene rings is 1. The maximum Gasteiger partial charge on any atom is 0.328 e. The van der Waals surface area contributed by atoms with Crippen LogP contribution < -0.4 is 5.32 Å². The number of aromatic hydroxyl groups is 1. The summed E-state index contributed by atoms with van der Waals surface area (Å²) in [4.78, 5) is 24.0. The molecule has 0 aliphatic rings. The molecule has 5 nitrogen and oxygen atoms in total. The molecule has 122 valence electrons. The summed E-state index contributed by atoms with van der Waals surface area (Å²) in [6, 6.07) is 6.14. The Labute approximate surface area is 131 Å². The first-order valence-corrected chi connectivity index (χ1v) is 7.49. The molecule has 0 fully saturated rings. The van der Waals surface area contributed by atoms with Crippen LogP contribution in [0.15, 0.2) is 24.3 Å². The van der Waals surface area contributed by atoms with E-state index in [9.17, 15) is 14.7 Å². The molecule has 0 aliphatic carbocycles. The van der Waals surface area contributed by atoms with Gasteiger partial charge in [-0.25, -0.2) is 4.79 Å². The van der Waals surface area contributed by atoms with E-state index in [-0.39, 0.29) is 23.5 Å². The van der Waals surface area contributed by atoms with Gasteiger partial charge in [-0.3, -0.25) is 4.79 Å². The third-order valence-corrected chi connectivity index (χ3v) is 3.44. The molecule has 1 amide bonds. The van der Waals surface area contributed by atoms with Crippen LogP contribution in [0, 0.1) is 11.8 Å². The Bertz CT molecular complexity index is 496. The number of carbonyl (C=O) groups is 2. The first-order valence-electron chi connectivity index (χ1n) is 7.49. The van der Waals surface area contributed by atoms with Crippen LogP contribution >= 0.6 is 0 Å². The van der Waals surface area contributed by atoms with Gasteiger partial charge >= 0.3 is 5.97 Å². The van der Waals surface area contributed by atoms with Gasteiger partial charge in [-0.15, -0.1) is 0 Å². The molecular formula is C17H25NO4. The molecule has 0 saturated heterocycles. The van der Waals surface area contributed by atoms with Gasteiger partial charge in [-0.1, -0.05) is 32.9 Å². The number of methoxy groups -OCH3 is 1. The zero-order valence-electron chi connectivity index (χ0n) is 13.6. The molecule has 1 aromatic rings. The Morgan fingerprint density at radius 1 is 1.18 bits per heavy atom. The quantitative estimate of drug-likeness (QED) is 0.758. The number of carbonyl (C=O) groups excluding carboxylic acids is 2. The highest BCUT2D eigenvalue weighted by Crippen LogP contribution is 2.14. The van der Waals surface area contributed by atoms with Crippen molar-refractivity contribution in [1.29, 1.82) is 0 Å². The summed E-state index contributed by atoms with van der Waals surface area (Å²) in [5.74, 6) is -0.396. The lowest BCUT2D eigenvalue weighted by molar-refractivity contribution is -0.146. The van der Waals surface area contributed by atoms with Crippen LogP contribution in [-0.4, -0.2) is 30.1 Å². The third-order valence-electron chi connectivity index (χ3n) is 3.44. The van der Waals surface area contributed by atoms with Crippen molar-refractivity contribution in [3.8, 4) is 5.75 Å². The maximum atomic E-state index is 12.3. The topological polar surface area (TPSA) is 75.6 Å². The maximum absolute atomic E-state index is 12.3. The lowest BCUT2D eigenvalue weighted by Gasteiger charge is -2.20. The lowest BCUT2D eigenvalue weighted by Crippen LogP contribution is -2.44. The van der Waals surface area contributed by atoms with Gasteiger partial charge in [-0.2, -0.15) is 0 Å². The van der Waals surface area contributed by atoms with Crippen LogP contribution in [0.1, 0.15) is 32.8 Å². The van der Waals surface area contributed by atoms with Gasteiger partial charge in [0.1, 0.15) is 11.8 Å². The first kappa shape index (κ1) is 18.0. The second-order valence-electron chi connectivity index (χ2n) is 5.99. The van der Waals surface area contributed by atoms with Crippen molar-refractivity contribution in [3.63, 3.8) is 0 Å². The fourth-order valence-corrected chi connectivity index (χ4v) is 2.22. The smallest absolute Gasteiger partial charge is 0.328 e. The van der Waals surface area contributed by atoms with E-state index in [0.29, 0.717) is 12.8 Å². The van der Waals surface area contributed by atoms with Crippen molar-refractivity contribution >= 4 is 11.9 Å². The molecule has 0 unspecified atom stereocenters. The number of nitrogens with one attached hydrogen (secondary N) is 1. The molecule has 0 aliphatic heterocycles. The number of rotatable bonds is 7. The van der Waals surface area contributed by atoms with E-state index in [0.717, 1.165) is 5.56 Å². The van der Waals surface area contributed by atoms with Crippen LogP contribution in [0.3, 0.4) is 0 Å². The third kappa shape index (κ3) is 5.76. The van der Waals surface area contributed by atoms with Gasteiger partial charge in [0.25, 0.3) is 0 Å². The molecule has 0 aromatic heterocycles. The average molecular weight is 307 g/mol. The average Bonchev–Trinajstić information content (AvgIpc) is 2.47. The highest BCUT2D eigenvalue weighted by molar-refractivity contribution is 5.85. The molecule has 1 aromatic carbocycles. The summed E-state index contributed by atoms with van der Waals surface area (Å²) in [6.07, 6.45) is 1.09. The standard InChI is InChI=1S/C17H25NO4/c1-11(2)9-15(17(21)22-4)18-16(20)12(3)10-13-5-7-14(19)8-6-13/h5-8,11-12,15,19H,9-10H2,1-4H3,(H,18,20)/t12-,15+/m1/s1. The molecular weight excluding hydrogens is 282 g/mol. The van der Waals surface area contributed by atoms with Crippen molar-refractivity contribution in [3.05, 3.63) is 29.8 Å². The number of phenolic OH excluding ortho intramolecular Hbond substituents is 1. The van der Waals surface area contributed by atoms with Crippen molar-refractivity contribution in [2.75, 3.05) is 7.11 Å². The Morgan fingerprint density at radius 3 is 2.27 bits per heavy atom. The van der Waals surface area contributed by atoms with Crippen LogP contribution in [-0.2, 0) is 20.7 Å². The largest absolute Gasteiger partial charge is 0.508 e. The Morgan fingerprint density at radius 2 is 1.77 bits per heavy atom. The monoisotopic (exact) mass is 307 g/mol. The number of phenols is 1. The predicted molar refractivity (Wildman–Crippen MR) is 84.4 cm³/mol. The van der Waals surface area contributed by atoms with E-state index in [4.69, 9.17) is 4.74 Å². The number of esters is 1. The minimum absolute atomic E-state index is 0.177. The number of hydrogen-bond donors (Lipinski definition) is 2. The van der Waals surface area contributed by atoms with E-state index in [1.807, 2.05) is 20.8 Å². The van der Waals surface area contributed by atoms with E-state index in [1.165, 1.54) is 7.11 Å². The highest BCUT2D eigenvalue weighted by Gasteiger charge is 2.24. The van der Waals surface area contributed by atoms with Gasteiger partial charge in [0.05, 0.1) is 7.11 Å². The first-order chi connectivity index (χ1) is 10.3. The lowest BCUT2D eigenvalue weighted by atomic mass is 9.98. The molecule has 1 rings (SSSR count). The summed E-state index contributed by atoms with van der Waals surface area (Å²) in [7, 11) is 1.32. The normalized spacial score (nSPS) is 13.5. The second-order valence-corrected chi connectivity index (χ2v) is 5.99. The fraction of sp³-hybridized carbons (Fsp3) is 0.529. The van der Waals surface area contributed by atoms with Gasteiger partial charge in [0.2, 0.25) is 5.91 Å². The Hall–Kier alpha value is -2.04. The number of ether oxygens (including phenoxy) is 1. The van der Waals surface area contributed by atoms with E-state index < -0.39 is 12.0 Å². The molecule has 2 N–H and O–H groups in total. The van der Waals surface area contributed by atoms with E-state index in [1.54, 1.807) is 24.3 Å². The Balaban J connectivity index is 2.64. The van der Waals surface area contributed by atoms with Crippen molar-refractivity contribution < 1.29 is 19.4 Å². The SMILES string of the molecule is COC(=O)[C@H](CC(C)C)NC(=O)[C@H](C)Cc1ccc(O)cc1. The molecule has 0 heterocycles. The minimum atomic E-state index is -0.611. The van der Waals surface area contributed by atoms with Gasteiger partial charge in [0.15, 0.2) is 0 Å². The zero-order chi connectivity index (χ0) is 16.7. The van der Waals surface area contributed by atoms with Crippen LogP contribution in [0.4, 0.5) is 0 Å². The molecule has 0 saturated carbocycles. The van der Waals surface area contributed by atoms with E-state index >= 15 is 0 Å². The molecule has 2 atom stereocenters. The van der Waals surface area contributed by atoms with Gasteiger partial charge < -0.3 is 15.2 Å². The van der Waals surface area contributed by atoms with Gasteiger partial charge in [0, 0.05) is 5.92 Å². The van der Waals surface area contributed by atoms with Gasteiger partial charge in [-0.05, 0) is 36.5 Å². The molecule has 5 heteroatoms. The summed E-state index contributed by atoms with van der Waals surface area (Å²) in [6.45, 7) is 5.79. The predicted octanol–water partition coefficient (Wildman–Crippen LogP) is 2.27. The van der Waals surface area contributed by atoms with Crippen molar-refractivity contribution in [1.82, 2.24) is 5.32 Å². The molecule has 0 radical (unpaired) electrons. The molecule has 22 heavy (non-hydrogen) atoms. The highest BCUT2D eigenvalue weighted by atomic mass is 16.5. The number of amides is 1. The summed E-state index contributed by atoms with van der Waals surface area (Å²) in [5.41, 5.74) is 0.957. The van der Waals surface area contributed by atoms with Crippen LogP contribution in [0.5, 0.6) is 5.75 Å². The summed E-state index contributed by atoms with van der Waals surface area (Å²) >= 11 is 0. The van der Waals surface area contributed by atoms with Crippen LogP contribution in [0.25, 0.3) is 0 Å². The van der Waals surface area contributed by atoms with Crippen molar-refractivity contribution in [2.24, 2.45) is 11.8 Å². The van der Waals surface area contributed by atoms with Crippen LogP contribution in [0.2, 0.25) is 0 Å². The zero-order valence-corrected chi connectivity index (χ0v) is 13.6. The number of hydrogen-bond acceptors (Lipinski definition) is 4. The second kappa shape index (κ2) is 8.41.